The Morgan fingerprint density at radius 1 is 1.47 bits per heavy atom. The third-order valence-electron chi connectivity index (χ3n) is 2.90. The van der Waals surface area contributed by atoms with Crippen molar-refractivity contribution in [3.63, 3.8) is 0 Å². The third-order valence-corrected chi connectivity index (χ3v) is 2.90. The highest BCUT2D eigenvalue weighted by molar-refractivity contribution is 5.83. The molecule has 96 valence electrons. The van der Waals surface area contributed by atoms with Crippen molar-refractivity contribution in [2.45, 2.75) is 25.8 Å². The summed E-state index contributed by atoms with van der Waals surface area (Å²) in [6.45, 7) is 1.96. The number of likely N-dealkylation sites (tertiary alicyclic amines) is 1. The molecule has 3 amide bonds. The van der Waals surface area contributed by atoms with Gasteiger partial charge in [-0.3, -0.25) is 9.59 Å². The van der Waals surface area contributed by atoms with Crippen LogP contribution in [0.1, 0.15) is 19.8 Å². The summed E-state index contributed by atoms with van der Waals surface area (Å²) in [4.78, 5) is 34.5. The standard InChI is InChI=1S/C10H17N3O4/c1-6-4-7(9(15)16)2-3-13(6)10(17)12-5-8(11)14/h6-7H,2-5H2,1H3,(H2,11,14)(H,12,17)(H,15,16). The lowest BCUT2D eigenvalue weighted by atomic mass is 9.92. The van der Waals surface area contributed by atoms with Gasteiger partial charge in [-0.05, 0) is 19.8 Å². The second-order valence-corrected chi connectivity index (χ2v) is 4.23. The number of primary amides is 1. The van der Waals surface area contributed by atoms with E-state index in [2.05, 4.69) is 5.32 Å². The molecule has 0 aliphatic carbocycles. The van der Waals surface area contributed by atoms with Crippen molar-refractivity contribution in [3.05, 3.63) is 0 Å². The molecule has 1 aliphatic rings. The normalized spacial score (nSPS) is 24.2. The second kappa shape index (κ2) is 5.51. The van der Waals surface area contributed by atoms with E-state index in [-0.39, 0.29) is 18.6 Å². The van der Waals surface area contributed by atoms with Gasteiger partial charge in [-0.15, -0.1) is 0 Å². The first-order valence-electron chi connectivity index (χ1n) is 5.47. The maximum Gasteiger partial charge on any atom is 0.318 e. The van der Waals surface area contributed by atoms with Crippen molar-refractivity contribution < 1.29 is 19.5 Å². The van der Waals surface area contributed by atoms with Crippen LogP contribution in [0.25, 0.3) is 0 Å². The van der Waals surface area contributed by atoms with Crippen LogP contribution in [-0.2, 0) is 9.59 Å². The summed E-state index contributed by atoms with van der Waals surface area (Å²) >= 11 is 0. The molecule has 0 saturated carbocycles. The molecule has 0 aromatic carbocycles. The molecule has 7 heteroatoms. The van der Waals surface area contributed by atoms with Gasteiger partial charge in [-0.2, -0.15) is 0 Å². The van der Waals surface area contributed by atoms with Crippen LogP contribution in [0.15, 0.2) is 0 Å². The fraction of sp³-hybridized carbons (Fsp3) is 0.700. The molecule has 0 spiro atoms. The number of carbonyl (C=O) groups is 3. The number of carbonyl (C=O) groups excluding carboxylic acids is 2. The molecule has 0 radical (unpaired) electrons. The number of hydrogen-bond acceptors (Lipinski definition) is 3. The van der Waals surface area contributed by atoms with E-state index < -0.39 is 17.8 Å². The SMILES string of the molecule is CC1CC(C(=O)O)CCN1C(=O)NCC(N)=O. The van der Waals surface area contributed by atoms with Gasteiger partial charge in [-0.1, -0.05) is 0 Å². The predicted octanol–water partition coefficient (Wildman–Crippen LogP) is -0.634. The summed E-state index contributed by atoms with van der Waals surface area (Å²) in [6.07, 6.45) is 0.864. The Labute approximate surface area is 98.9 Å². The molecule has 1 rings (SSSR count). The van der Waals surface area contributed by atoms with Crippen LogP contribution in [-0.4, -0.2) is 47.0 Å². The van der Waals surface area contributed by atoms with Crippen molar-refractivity contribution in [2.24, 2.45) is 11.7 Å². The average molecular weight is 243 g/mol. The first-order chi connectivity index (χ1) is 7.91. The Hall–Kier alpha value is -1.79. The minimum Gasteiger partial charge on any atom is -0.481 e. The van der Waals surface area contributed by atoms with Crippen LogP contribution in [0.4, 0.5) is 4.79 Å². The topological polar surface area (TPSA) is 113 Å². The Morgan fingerprint density at radius 3 is 2.59 bits per heavy atom. The molecule has 4 N–H and O–H groups in total. The molecule has 1 aliphatic heterocycles. The number of nitrogens with one attached hydrogen (secondary N) is 1. The summed E-state index contributed by atoms with van der Waals surface area (Å²) in [7, 11) is 0. The molecule has 1 saturated heterocycles. The summed E-state index contributed by atoms with van der Waals surface area (Å²) in [5, 5.41) is 11.3. The van der Waals surface area contributed by atoms with E-state index in [9.17, 15) is 14.4 Å². The van der Waals surface area contributed by atoms with E-state index in [1.54, 1.807) is 6.92 Å². The zero-order valence-electron chi connectivity index (χ0n) is 9.68. The number of hydrogen-bond donors (Lipinski definition) is 3. The minimum atomic E-state index is -0.825. The Bertz CT molecular complexity index is 332. The highest BCUT2D eigenvalue weighted by Crippen LogP contribution is 2.22. The van der Waals surface area contributed by atoms with E-state index in [1.807, 2.05) is 0 Å². The molecule has 0 bridgehead atoms. The largest absolute Gasteiger partial charge is 0.481 e. The van der Waals surface area contributed by atoms with E-state index in [0.29, 0.717) is 19.4 Å². The molecule has 0 aromatic rings. The molecular formula is C10H17N3O4. The van der Waals surface area contributed by atoms with Gasteiger partial charge in [0.1, 0.15) is 0 Å². The quantitative estimate of drug-likeness (QED) is 0.612. The number of rotatable bonds is 3. The van der Waals surface area contributed by atoms with Crippen LogP contribution >= 0.6 is 0 Å². The highest BCUT2D eigenvalue weighted by Gasteiger charge is 2.32. The molecule has 2 atom stereocenters. The molecule has 1 heterocycles. The third kappa shape index (κ3) is 3.61. The van der Waals surface area contributed by atoms with Gasteiger partial charge in [0.15, 0.2) is 0 Å². The summed E-state index contributed by atoms with van der Waals surface area (Å²) in [5.41, 5.74) is 4.92. The van der Waals surface area contributed by atoms with E-state index in [1.165, 1.54) is 4.90 Å². The molecule has 2 unspecified atom stereocenters. The average Bonchev–Trinajstić information content (AvgIpc) is 2.25. The molecule has 1 fully saturated rings. The number of nitrogens with two attached hydrogens (primary N) is 1. The predicted molar refractivity (Wildman–Crippen MR) is 59.1 cm³/mol. The maximum absolute atomic E-state index is 11.6. The van der Waals surface area contributed by atoms with Crippen molar-refractivity contribution in [3.8, 4) is 0 Å². The fourth-order valence-corrected chi connectivity index (χ4v) is 1.96. The first kappa shape index (κ1) is 13.3. The number of nitrogens with zero attached hydrogens (tertiary/aromatic N) is 1. The smallest absolute Gasteiger partial charge is 0.318 e. The number of carboxylic acids is 1. The van der Waals surface area contributed by atoms with Crippen LogP contribution in [0, 0.1) is 5.92 Å². The lowest BCUT2D eigenvalue weighted by Gasteiger charge is -2.36. The van der Waals surface area contributed by atoms with Crippen molar-refractivity contribution >= 4 is 17.9 Å². The minimum absolute atomic E-state index is 0.155. The highest BCUT2D eigenvalue weighted by atomic mass is 16.4. The van der Waals surface area contributed by atoms with Gasteiger partial charge in [0.05, 0.1) is 12.5 Å². The Balaban J connectivity index is 2.48. The monoisotopic (exact) mass is 243 g/mol. The first-order valence-corrected chi connectivity index (χ1v) is 5.47. The molecular weight excluding hydrogens is 226 g/mol. The summed E-state index contributed by atoms with van der Waals surface area (Å²) < 4.78 is 0. The van der Waals surface area contributed by atoms with E-state index in [4.69, 9.17) is 10.8 Å². The Morgan fingerprint density at radius 2 is 2.12 bits per heavy atom. The zero-order chi connectivity index (χ0) is 13.0. The lowest BCUT2D eigenvalue weighted by molar-refractivity contribution is -0.143. The second-order valence-electron chi connectivity index (χ2n) is 4.23. The van der Waals surface area contributed by atoms with Crippen LogP contribution in [0.5, 0.6) is 0 Å². The van der Waals surface area contributed by atoms with Gasteiger partial charge in [0.2, 0.25) is 5.91 Å². The number of piperidine rings is 1. The van der Waals surface area contributed by atoms with Crippen molar-refractivity contribution in [1.29, 1.82) is 0 Å². The van der Waals surface area contributed by atoms with Gasteiger partial charge in [0.25, 0.3) is 0 Å². The zero-order valence-corrected chi connectivity index (χ0v) is 9.68. The van der Waals surface area contributed by atoms with E-state index >= 15 is 0 Å². The van der Waals surface area contributed by atoms with Gasteiger partial charge in [0, 0.05) is 12.6 Å². The number of carboxylic acid groups (broad SMARTS) is 1. The molecule has 0 aromatic heterocycles. The van der Waals surface area contributed by atoms with E-state index in [0.717, 1.165) is 0 Å². The van der Waals surface area contributed by atoms with Gasteiger partial charge >= 0.3 is 12.0 Å². The maximum atomic E-state index is 11.6. The molecule has 7 nitrogen and oxygen atoms in total. The summed E-state index contributed by atoms with van der Waals surface area (Å²) in [6, 6.07) is -0.530. The van der Waals surface area contributed by atoms with Gasteiger partial charge < -0.3 is 21.1 Å². The van der Waals surface area contributed by atoms with Crippen molar-refractivity contribution in [1.82, 2.24) is 10.2 Å². The van der Waals surface area contributed by atoms with Gasteiger partial charge in [-0.25, -0.2) is 4.79 Å². The van der Waals surface area contributed by atoms with Crippen molar-refractivity contribution in [2.75, 3.05) is 13.1 Å². The van der Waals surface area contributed by atoms with Crippen LogP contribution < -0.4 is 11.1 Å². The number of aliphatic carboxylic acids is 1. The summed E-state index contributed by atoms with van der Waals surface area (Å²) in [5.74, 6) is -1.83. The number of amides is 3. The lowest BCUT2D eigenvalue weighted by Crippen LogP contribution is -2.51. The van der Waals surface area contributed by atoms with Crippen LogP contribution in [0.3, 0.4) is 0 Å². The van der Waals surface area contributed by atoms with Crippen LogP contribution in [0.2, 0.25) is 0 Å². The Kier molecular flexibility index (Phi) is 4.30. The number of urea groups is 1. The fourth-order valence-electron chi connectivity index (χ4n) is 1.96. The molecule has 17 heavy (non-hydrogen) atoms.